The van der Waals surface area contributed by atoms with Crippen molar-refractivity contribution in [1.29, 1.82) is 0 Å². The molecular formula is C60H118O9S. The van der Waals surface area contributed by atoms with E-state index in [1.54, 1.807) is 0 Å². The first-order chi connectivity index (χ1) is 34.4. The molecule has 0 N–H and O–H groups in total. The minimum Gasteiger partial charge on any atom is -0.379 e. The molecule has 0 aromatic rings. The molecule has 0 aromatic carbocycles. The van der Waals surface area contributed by atoms with Crippen molar-refractivity contribution in [1.82, 2.24) is 0 Å². The van der Waals surface area contributed by atoms with E-state index in [0.717, 1.165) is 45.2 Å². The highest BCUT2D eigenvalue weighted by Crippen LogP contribution is 2.19. The molecule has 0 aliphatic heterocycles. The van der Waals surface area contributed by atoms with Gasteiger partial charge in [0, 0.05) is 13.2 Å². The van der Waals surface area contributed by atoms with Crippen molar-refractivity contribution in [3.05, 3.63) is 24.3 Å². The lowest BCUT2D eigenvalue weighted by atomic mass is 10.0. The van der Waals surface area contributed by atoms with E-state index in [2.05, 4.69) is 49.3 Å². The monoisotopic (exact) mass is 1010 g/mol. The van der Waals surface area contributed by atoms with Crippen LogP contribution in [0.2, 0.25) is 0 Å². The Bertz CT molecular complexity index is 1150. The third kappa shape index (κ3) is 58.0. The third-order valence-corrected chi connectivity index (χ3v) is 13.8. The summed E-state index contributed by atoms with van der Waals surface area (Å²) in [4.78, 5) is 0. The van der Waals surface area contributed by atoms with Gasteiger partial charge in [-0.1, -0.05) is 225 Å². The Morgan fingerprint density at radius 1 is 0.314 bits per heavy atom. The number of allylic oxidation sites excluding steroid dienone is 4. The van der Waals surface area contributed by atoms with Crippen LogP contribution in [0.1, 0.15) is 271 Å². The van der Waals surface area contributed by atoms with E-state index in [1.165, 1.54) is 225 Å². The summed E-state index contributed by atoms with van der Waals surface area (Å²) in [5.41, 5.74) is 0. The number of hydrogen-bond acceptors (Lipinski definition) is 9. The van der Waals surface area contributed by atoms with Gasteiger partial charge in [-0.25, -0.2) is 0 Å². The van der Waals surface area contributed by atoms with Crippen molar-refractivity contribution < 1.29 is 41.0 Å². The Hall–Kier alpha value is -0.850. The molecule has 418 valence electrons. The Morgan fingerprint density at radius 2 is 0.629 bits per heavy atom. The van der Waals surface area contributed by atoms with Crippen molar-refractivity contribution in [3.8, 4) is 0 Å². The van der Waals surface area contributed by atoms with Crippen LogP contribution in [0.3, 0.4) is 0 Å². The first-order valence-electron chi connectivity index (χ1n) is 30.1. The molecule has 10 heteroatoms. The van der Waals surface area contributed by atoms with Crippen LogP contribution < -0.4 is 0 Å². The summed E-state index contributed by atoms with van der Waals surface area (Å²) in [5, 5.41) is 0. The average Bonchev–Trinajstić information content (AvgIpc) is 3.34. The Labute approximate surface area is 436 Å². The average molecular weight is 1020 g/mol. The van der Waals surface area contributed by atoms with E-state index in [-0.39, 0.29) is 25.4 Å². The summed E-state index contributed by atoms with van der Waals surface area (Å²) >= 11 is 0. The lowest BCUT2D eigenvalue weighted by molar-refractivity contribution is -0.116. The van der Waals surface area contributed by atoms with Crippen molar-refractivity contribution in [2.75, 3.05) is 78.9 Å². The molecule has 0 aromatic heterocycles. The smallest absolute Gasteiger partial charge is 0.264 e. The SMILES string of the molecule is CCCCCCCC/C=C\CCCCCCCCOCC(OCCCCCCCC/C=C\CCCCCCCC)C(CCCCCCCCCCCC)OCCOCCOCCOCCOS(C)(=O)=O. The molecule has 0 heterocycles. The largest absolute Gasteiger partial charge is 0.379 e. The molecule has 0 bridgehead atoms. The van der Waals surface area contributed by atoms with E-state index < -0.39 is 10.1 Å². The standard InChI is InChI=1S/C60H118O9S/c1-5-8-11-14-17-20-23-25-27-29-31-33-36-39-42-45-48-66-58-60(67-49-46-43-40-37-34-32-30-28-26-24-21-18-15-12-9-6-2)59(47-44-41-38-35-22-19-16-13-10-7-3)68-56-54-64-52-50-63-51-53-65-55-57-69-70(4,61)62/h25-28,59-60H,5-24,29-58H2,1-4H3/b27-25-,28-26-. The molecule has 0 aliphatic rings. The van der Waals surface area contributed by atoms with Gasteiger partial charge in [-0.2, -0.15) is 8.42 Å². The van der Waals surface area contributed by atoms with Gasteiger partial charge in [-0.05, 0) is 70.6 Å². The second kappa shape index (κ2) is 59.0. The molecule has 0 radical (unpaired) electrons. The van der Waals surface area contributed by atoms with E-state index in [1.807, 2.05) is 0 Å². The lowest BCUT2D eigenvalue weighted by Crippen LogP contribution is -2.37. The third-order valence-electron chi connectivity index (χ3n) is 13.2. The Morgan fingerprint density at radius 3 is 1.03 bits per heavy atom. The molecular weight excluding hydrogens is 897 g/mol. The van der Waals surface area contributed by atoms with Gasteiger partial charge in [0.2, 0.25) is 0 Å². The van der Waals surface area contributed by atoms with Crippen LogP contribution in [-0.2, 0) is 42.7 Å². The summed E-state index contributed by atoms with van der Waals surface area (Å²) in [5.74, 6) is 0. The summed E-state index contributed by atoms with van der Waals surface area (Å²) in [6.07, 6.45) is 61.2. The zero-order valence-electron chi connectivity index (χ0n) is 46.9. The van der Waals surface area contributed by atoms with Gasteiger partial charge in [0.05, 0.1) is 71.8 Å². The van der Waals surface area contributed by atoms with Crippen LogP contribution in [0.25, 0.3) is 0 Å². The van der Waals surface area contributed by atoms with Gasteiger partial charge in [0.25, 0.3) is 10.1 Å². The van der Waals surface area contributed by atoms with E-state index >= 15 is 0 Å². The fourth-order valence-corrected chi connectivity index (χ4v) is 9.12. The minimum absolute atomic E-state index is 0.00994. The Kier molecular flexibility index (Phi) is 58.3. The van der Waals surface area contributed by atoms with Crippen molar-refractivity contribution >= 4 is 10.1 Å². The van der Waals surface area contributed by atoms with Crippen molar-refractivity contribution in [2.45, 2.75) is 283 Å². The fourth-order valence-electron chi connectivity index (χ4n) is 8.75. The van der Waals surface area contributed by atoms with Crippen LogP contribution in [0, 0.1) is 0 Å². The summed E-state index contributed by atoms with van der Waals surface area (Å²) < 4.78 is 63.4. The van der Waals surface area contributed by atoms with Crippen LogP contribution in [0.4, 0.5) is 0 Å². The predicted octanol–water partition coefficient (Wildman–Crippen LogP) is 17.2. The molecule has 0 aliphatic carbocycles. The highest BCUT2D eigenvalue weighted by Gasteiger charge is 2.23. The molecule has 0 fully saturated rings. The zero-order valence-corrected chi connectivity index (χ0v) is 47.7. The van der Waals surface area contributed by atoms with Crippen molar-refractivity contribution in [2.24, 2.45) is 0 Å². The lowest BCUT2D eigenvalue weighted by Gasteiger charge is -2.28. The first-order valence-corrected chi connectivity index (χ1v) is 31.9. The molecule has 0 amide bonds. The highest BCUT2D eigenvalue weighted by molar-refractivity contribution is 7.85. The maximum atomic E-state index is 11.1. The molecule has 9 nitrogen and oxygen atoms in total. The van der Waals surface area contributed by atoms with Gasteiger partial charge < -0.3 is 28.4 Å². The second-order valence-corrected chi connectivity index (χ2v) is 21.7. The summed E-state index contributed by atoms with van der Waals surface area (Å²) in [7, 11) is -3.45. The molecule has 2 atom stereocenters. The second-order valence-electron chi connectivity index (χ2n) is 20.1. The summed E-state index contributed by atoms with van der Waals surface area (Å²) in [6, 6.07) is 0. The minimum atomic E-state index is -3.45. The number of hydrogen-bond donors (Lipinski definition) is 0. The maximum absolute atomic E-state index is 11.1. The number of ether oxygens (including phenoxy) is 6. The van der Waals surface area contributed by atoms with E-state index in [0.29, 0.717) is 46.2 Å². The maximum Gasteiger partial charge on any atom is 0.264 e. The van der Waals surface area contributed by atoms with Gasteiger partial charge in [-0.3, -0.25) is 4.18 Å². The number of unbranched alkanes of at least 4 members (excludes halogenated alkanes) is 33. The normalized spacial score (nSPS) is 13.1. The van der Waals surface area contributed by atoms with Crippen molar-refractivity contribution in [3.63, 3.8) is 0 Å². The van der Waals surface area contributed by atoms with Gasteiger partial charge in [-0.15, -0.1) is 0 Å². The highest BCUT2D eigenvalue weighted by atomic mass is 32.2. The molecule has 0 spiro atoms. The van der Waals surface area contributed by atoms with Gasteiger partial charge >= 0.3 is 0 Å². The zero-order chi connectivity index (χ0) is 50.8. The van der Waals surface area contributed by atoms with Crippen LogP contribution in [0.5, 0.6) is 0 Å². The van der Waals surface area contributed by atoms with Gasteiger partial charge in [0.15, 0.2) is 0 Å². The predicted molar refractivity (Wildman–Crippen MR) is 299 cm³/mol. The van der Waals surface area contributed by atoms with E-state index in [9.17, 15) is 8.42 Å². The number of rotatable bonds is 61. The quantitative estimate of drug-likeness (QED) is 0.0335. The fraction of sp³-hybridized carbons (Fsp3) is 0.933. The molecule has 70 heavy (non-hydrogen) atoms. The first kappa shape index (κ1) is 69.2. The Balaban J connectivity index is 4.91. The van der Waals surface area contributed by atoms with Gasteiger partial charge in [0.1, 0.15) is 6.10 Å². The van der Waals surface area contributed by atoms with Crippen LogP contribution in [-0.4, -0.2) is 99.6 Å². The summed E-state index contributed by atoms with van der Waals surface area (Å²) in [6.45, 7) is 11.9. The van der Waals surface area contributed by atoms with E-state index in [4.69, 9.17) is 28.4 Å². The molecule has 0 saturated heterocycles. The van der Waals surface area contributed by atoms with Crippen LogP contribution in [0.15, 0.2) is 24.3 Å². The molecule has 2 unspecified atom stereocenters. The molecule has 0 saturated carbocycles. The topological polar surface area (TPSA) is 98.8 Å². The molecule has 0 rings (SSSR count). The van der Waals surface area contributed by atoms with Crippen LogP contribution >= 0.6 is 0 Å².